The molecule has 1 aliphatic heterocycles. The number of rotatable bonds is 1. The Hall–Kier alpha value is -0.770. The van der Waals surface area contributed by atoms with Gasteiger partial charge in [-0.3, -0.25) is 4.90 Å². The second-order valence-electron chi connectivity index (χ2n) is 4.47. The van der Waals surface area contributed by atoms with E-state index in [-0.39, 0.29) is 11.7 Å². The fourth-order valence-corrected chi connectivity index (χ4v) is 1.86. The van der Waals surface area contributed by atoms with Crippen molar-refractivity contribution >= 4 is 6.09 Å². The van der Waals surface area contributed by atoms with Crippen molar-refractivity contribution in [1.29, 1.82) is 0 Å². The molecule has 0 unspecified atom stereocenters. The molecule has 1 aliphatic rings. The number of carbonyl (C=O) groups is 1. The third-order valence-corrected chi connectivity index (χ3v) is 2.40. The van der Waals surface area contributed by atoms with Crippen LogP contribution in [-0.4, -0.2) is 34.3 Å². The predicted octanol–water partition coefficient (Wildman–Crippen LogP) is 1.47. The average Bonchev–Trinajstić information content (AvgIpc) is 2.31. The van der Waals surface area contributed by atoms with Crippen LogP contribution < -0.4 is 5.32 Å². The lowest BCUT2D eigenvalue weighted by atomic mass is 10.1. The van der Waals surface area contributed by atoms with Crippen molar-refractivity contribution in [3.05, 3.63) is 0 Å². The summed E-state index contributed by atoms with van der Waals surface area (Å²) in [5, 5.41) is 11.2. The summed E-state index contributed by atoms with van der Waals surface area (Å²) in [6.07, 6.45) is 1.06. The molecule has 0 saturated carbocycles. The van der Waals surface area contributed by atoms with Crippen LogP contribution in [0.4, 0.5) is 4.79 Å². The van der Waals surface area contributed by atoms with Crippen LogP contribution in [0.15, 0.2) is 0 Å². The lowest BCUT2D eigenvalue weighted by Crippen LogP contribution is -2.51. The first kappa shape index (κ1) is 10.3. The molecule has 13 heavy (non-hydrogen) atoms. The van der Waals surface area contributed by atoms with E-state index in [4.69, 9.17) is 5.11 Å². The monoisotopic (exact) mass is 186 g/mol. The molecule has 0 aromatic rings. The Morgan fingerprint density at radius 2 is 2.15 bits per heavy atom. The number of likely N-dealkylation sites (tertiary alicyclic amines) is 1. The zero-order chi connectivity index (χ0) is 10.1. The van der Waals surface area contributed by atoms with Crippen LogP contribution in [0.25, 0.3) is 0 Å². The minimum absolute atomic E-state index is 0.00231. The minimum atomic E-state index is -0.929. The maximum atomic E-state index is 10.5. The first-order valence-corrected chi connectivity index (χ1v) is 4.67. The summed E-state index contributed by atoms with van der Waals surface area (Å²) in [6, 6.07) is 0. The number of carboxylic acid groups (broad SMARTS) is 1. The Balaban J connectivity index is 2.59. The lowest BCUT2D eigenvalue weighted by molar-refractivity contribution is 0.0977. The van der Waals surface area contributed by atoms with Crippen molar-refractivity contribution in [2.45, 2.75) is 45.3 Å². The third kappa shape index (κ3) is 2.59. The Kier molecular flexibility index (Phi) is 2.81. The van der Waals surface area contributed by atoms with Crippen LogP contribution in [0.2, 0.25) is 0 Å². The molecule has 1 rings (SSSR count). The van der Waals surface area contributed by atoms with Crippen LogP contribution in [0.1, 0.15) is 33.6 Å². The second kappa shape index (κ2) is 3.54. The van der Waals surface area contributed by atoms with Gasteiger partial charge in [-0.1, -0.05) is 0 Å². The number of hydrogen-bond acceptors (Lipinski definition) is 2. The van der Waals surface area contributed by atoms with Gasteiger partial charge in [-0.15, -0.1) is 0 Å². The van der Waals surface area contributed by atoms with E-state index in [0.717, 1.165) is 19.4 Å². The molecule has 1 heterocycles. The van der Waals surface area contributed by atoms with Crippen LogP contribution in [0, 0.1) is 0 Å². The molecule has 1 atom stereocenters. The van der Waals surface area contributed by atoms with E-state index >= 15 is 0 Å². The highest BCUT2D eigenvalue weighted by Gasteiger charge is 2.33. The summed E-state index contributed by atoms with van der Waals surface area (Å²) < 4.78 is 0. The van der Waals surface area contributed by atoms with Crippen LogP contribution >= 0.6 is 0 Å². The van der Waals surface area contributed by atoms with E-state index in [1.807, 2.05) is 0 Å². The van der Waals surface area contributed by atoms with Crippen molar-refractivity contribution in [3.8, 4) is 0 Å². The summed E-state index contributed by atoms with van der Waals surface area (Å²) in [4.78, 5) is 12.7. The van der Waals surface area contributed by atoms with Crippen LogP contribution in [-0.2, 0) is 0 Å². The lowest BCUT2D eigenvalue weighted by Gasteiger charge is -2.36. The Bertz CT molecular complexity index is 198. The molecule has 1 saturated heterocycles. The van der Waals surface area contributed by atoms with Gasteiger partial charge in [0.05, 0.1) is 6.17 Å². The van der Waals surface area contributed by atoms with Crippen molar-refractivity contribution in [2.24, 2.45) is 0 Å². The van der Waals surface area contributed by atoms with Crippen molar-refractivity contribution in [1.82, 2.24) is 10.2 Å². The predicted molar refractivity (Wildman–Crippen MR) is 50.6 cm³/mol. The number of nitrogens with zero attached hydrogens (tertiary/aromatic N) is 1. The SMILES string of the molecule is CC(C)(C)N1CCC[C@@H]1NC(=O)O. The van der Waals surface area contributed by atoms with Gasteiger partial charge in [0.1, 0.15) is 0 Å². The highest BCUT2D eigenvalue weighted by Crippen LogP contribution is 2.24. The van der Waals surface area contributed by atoms with Gasteiger partial charge in [0.25, 0.3) is 0 Å². The average molecular weight is 186 g/mol. The van der Waals surface area contributed by atoms with Gasteiger partial charge >= 0.3 is 6.09 Å². The third-order valence-electron chi connectivity index (χ3n) is 2.40. The molecule has 0 aliphatic carbocycles. The van der Waals surface area contributed by atoms with Gasteiger partial charge < -0.3 is 10.4 Å². The van der Waals surface area contributed by atoms with Crippen molar-refractivity contribution in [2.75, 3.05) is 6.54 Å². The van der Waals surface area contributed by atoms with E-state index in [9.17, 15) is 4.79 Å². The molecule has 0 aromatic heterocycles. The van der Waals surface area contributed by atoms with Gasteiger partial charge in [-0.05, 0) is 33.6 Å². The molecular formula is C9H18N2O2. The van der Waals surface area contributed by atoms with E-state index in [1.165, 1.54) is 0 Å². The largest absolute Gasteiger partial charge is 0.465 e. The fourth-order valence-electron chi connectivity index (χ4n) is 1.86. The molecule has 0 bridgehead atoms. The quantitative estimate of drug-likeness (QED) is 0.652. The molecular weight excluding hydrogens is 168 g/mol. The molecule has 0 radical (unpaired) electrons. The van der Waals surface area contributed by atoms with E-state index in [1.54, 1.807) is 0 Å². The Labute approximate surface area is 78.9 Å². The Morgan fingerprint density at radius 1 is 1.54 bits per heavy atom. The zero-order valence-corrected chi connectivity index (χ0v) is 8.50. The summed E-state index contributed by atoms with van der Waals surface area (Å²) in [5.74, 6) is 0. The van der Waals surface area contributed by atoms with Crippen molar-refractivity contribution < 1.29 is 9.90 Å². The van der Waals surface area contributed by atoms with Crippen LogP contribution in [0.3, 0.4) is 0 Å². The number of hydrogen-bond donors (Lipinski definition) is 2. The summed E-state index contributed by atoms with van der Waals surface area (Å²) in [7, 11) is 0. The minimum Gasteiger partial charge on any atom is -0.465 e. The number of nitrogens with one attached hydrogen (secondary N) is 1. The molecule has 1 amide bonds. The standard InChI is InChI=1S/C9H18N2O2/c1-9(2,3)11-6-4-5-7(11)10-8(12)13/h7,10H,4-6H2,1-3H3,(H,12,13)/t7-/m1/s1. The Morgan fingerprint density at radius 3 is 2.62 bits per heavy atom. The highest BCUT2D eigenvalue weighted by atomic mass is 16.4. The summed E-state index contributed by atoms with van der Waals surface area (Å²) >= 11 is 0. The molecule has 76 valence electrons. The molecule has 2 N–H and O–H groups in total. The molecule has 0 spiro atoms. The van der Waals surface area contributed by atoms with Gasteiger partial charge in [-0.25, -0.2) is 4.79 Å². The summed E-state index contributed by atoms with van der Waals surface area (Å²) in [6.45, 7) is 7.30. The van der Waals surface area contributed by atoms with Crippen molar-refractivity contribution in [3.63, 3.8) is 0 Å². The van der Waals surface area contributed by atoms with E-state index in [2.05, 4.69) is 31.0 Å². The second-order valence-corrected chi connectivity index (χ2v) is 4.47. The van der Waals surface area contributed by atoms with Gasteiger partial charge in [-0.2, -0.15) is 0 Å². The van der Waals surface area contributed by atoms with E-state index in [0.29, 0.717) is 0 Å². The van der Waals surface area contributed by atoms with Gasteiger partial charge in [0.15, 0.2) is 0 Å². The zero-order valence-electron chi connectivity index (χ0n) is 8.50. The molecule has 4 nitrogen and oxygen atoms in total. The number of amides is 1. The molecule has 4 heteroatoms. The smallest absolute Gasteiger partial charge is 0.405 e. The maximum absolute atomic E-state index is 10.5. The molecule has 1 fully saturated rings. The topological polar surface area (TPSA) is 52.6 Å². The van der Waals surface area contributed by atoms with E-state index < -0.39 is 6.09 Å². The summed E-state index contributed by atoms with van der Waals surface area (Å²) in [5.41, 5.74) is 0.0453. The first-order valence-electron chi connectivity index (χ1n) is 4.67. The highest BCUT2D eigenvalue weighted by molar-refractivity contribution is 5.64. The maximum Gasteiger partial charge on any atom is 0.405 e. The fraction of sp³-hybridized carbons (Fsp3) is 0.889. The van der Waals surface area contributed by atoms with Gasteiger partial charge in [0, 0.05) is 12.1 Å². The first-order chi connectivity index (χ1) is 5.91. The molecule has 0 aromatic carbocycles. The van der Waals surface area contributed by atoms with Crippen LogP contribution in [0.5, 0.6) is 0 Å². The van der Waals surface area contributed by atoms with Gasteiger partial charge in [0.2, 0.25) is 0 Å². The normalized spacial score (nSPS) is 24.7.